The molecule has 2 atom stereocenters. The molecule has 0 bridgehead atoms. The maximum absolute atomic E-state index is 11.3. The zero-order chi connectivity index (χ0) is 14.8. The number of rotatable bonds is 5. The fourth-order valence-corrected chi connectivity index (χ4v) is 2.81. The lowest BCUT2D eigenvalue weighted by Crippen LogP contribution is -2.33. The van der Waals surface area contributed by atoms with Crippen molar-refractivity contribution in [2.45, 2.75) is 26.2 Å². The van der Waals surface area contributed by atoms with Crippen LogP contribution in [-0.2, 0) is 4.79 Å². The zero-order valence-electron chi connectivity index (χ0n) is 12.4. The van der Waals surface area contributed by atoms with Crippen molar-refractivity contribution in [1.82, 2.24) is 4.90 Å². The van der Waals surface area contributed by atoms with Gasteiger partial charge in [0.05, 0.1) is 12.5 Å². The summed E-state index contributed by atoms with van der Waals surface area (Å²) in [6, 6.07) is 8.10. The number of methoxy groups -OCH3 is 1. The van der Waals surface area contributed by atoms with Crippen LogP contribution in [0.4, 0.5) is 0 Å². The first-order valence-corrected chi connectivity index (χ1v) is 7.04. The highest BCUT2D eigenvalue weighted by molar-refractivity contribution is 5.74. The highest BCUT2D eigenvalue weighted by atomic mass is 16.5. The lowest BCUT2D eigenvalue weighted by atomic mass is 9.90. The molecule has 4 heteroatoms. The summed E-state index contributed by atoms with van der Waals surface area (Å²) in [6.45, 7) is 6.42. The fourth-order valence-electron chi connectivity index (χ4n) is 2.81. The van der Waals surface area contributed by atoms with Gasteiger partial charge in [-0.2, -0.15) is 0 Å². The summed E-state index contributed by atoms with van der Waals surface area (Å²) < 4.78 is 5.16. The average molecular weight is 277 g/mol. The molecule has 0 spiro atoms. The Morgan fingerprint density at radius 3 is 2.60 bits per heavy atom. The van der Waals surface area contributed by atoms with Crippen molar-refractivity contribution in [2.24, 2.45) is 5.41 Å². The van der Waals surface area contributed by atoms with Gasteiger partial charge >= 0.3 is 5.97 Å². The summed E-state index contributed by atoms with van der Waals surface area (Å²) in [5, 5.41) is 9.26. The van der Waals surface area contributed by atoms with Crippen LogP contribution in [0, 0.1) is 5.41 Å². The molecular weight excluding hydrogens is 254 g/mol. The van der Waals surface area contributed by atoms with E-state index in [2.05, 4.69) is 24.0 Å². The van der Waals surface area contributed by atoms with E-state index in [0.29, 0.717) is 12.5 Å². The monoisotopic (exact) mass is 277 g/mol. The zero-order valence-corrected chi connectivity index (χ0v) is 12.4. The van der Waals surface area contributed by atoms with Crippen LogP contribution in [0.15, 0.2) is 24.3 Å². The van der Waals surface area contributed by atoms with Gasteiger partial charge in [0.15, 0.2) is 0 Å². The molecule has 1 aromatic rings. The first kappa shape index (κ1) is 14.9. The van der Waals surface area contributed by atoms with Crippen LogP contribution in [0.5, 0.6) is 5.75 Å². The van der Waals surface area contributed by atoms with Gasteiger partial charge in [-0.25, -0.2) is 0 Å². The SMILES string of the molecule is COc1ccc(C(C)CN2CCC(C)(C(=O)O)C2)cc1. The van der Waals surface area contributed by atoms with Gasteiger partial charge in [0, 0.05) is 13.1 Å². The van der Waals surface area contributed by atoms with Crippen LogP contribution in [0.25, 0.3) is 0 Å². The van der Waals surface area contributed by atoms with Gasteiger partial charge in [-0.1, -0.05) is 19.1 Å². The molecule has 1 aliphatic rings. The van der Waals surface area contributed by atoms with Gasteiger partial charge in [0.1, 0.15) is 5.75 Å². The van der Waals surface area contributed by atoms with Crippen LogP contribution >= 0.6 is 0 Å². The molecule has 2 unspecified atom stereocenters. The quantitative estimate of drug-likeness (QED) is 0.898. The summed E-state index contributed by atoms with van der Waals surface area (Å²) in [7, 11) is 1.66. The van der Waals surface area contributed by atoms with Crippen molar-refractivity contribution in [1.29, 1.82) is 0 Å². The number of nitrogens with zero attached hydrogens (tertiary/aromatic N) is 1. The second-order valence-electron chi connectivity index (χ2n) is 6.03. The van der Waals surface area contributed by atoms with E-state index < -0.39 is 11.4 Å². The molecule has 1 aliphatic heterocycles. The summed E-state index contributed by atoms with van der Waals surface area (Å²) >= 11 is 0. The Labute approximate surface area is 120 Å². The number of hydrogen-bond donors (Lipinski definition) is 1. The first-order chi connectivity index (χ1) is 9.44. The second-order valence-corrected chi connectivity index (χ2v) is 6.03. The predicted molar refractivity (Wildman–Crippen MR) is 78.2 cm³/mol. The number of hydrogen-bond acceptors (Lipinski definition) is 3. The van der Waals surface area contributed by atoms with Gasteiger partial charge in [0.2, 0.25) is 0 Å². The molecule has 1 fully saturated rings. The lowest BCUT2D eigenvalue weighted by molar-refractivity contribution is -0.147. The van der Waals surface area contributed by atoms with E-state index in [0.717, 1.165) is 25.3 Å². The van der Waals surface area contributed by atoms with Crippen LogP contribution < -0.4 is 4.74 Å². The lowest BCUT2D eigenvalue weighted by Gasteiger charge is -2.23. The van der Waals surface area contributed by atoms with E-state index >= 15 is 0 Å². The van der Waals surface area contributed by atoms with Crippen molar-refractivity contribution in [3.05, 3.63) is 29.8 Å². The van der Waals surface area contributed by atoms with Crippen LogP contribution in [0.1, 0.15) is 31.7 Å². The first-order valence-electron chi connectivity index (χ1n) is 7.04. The Bertz CT molecular complexity index is 471. The standard InChI is InChI=1S/C16H23NO3/c1-12(13-4-6-14(20-3)7-5-13)10-17-9-8-16(2,11-17)15(18)19/h4-7,12H,8-11H2,1-3H3,(H,18,19). The third-order valence-electron chi connectivity index (χ3n) is 4.29. The maximum Gasteiger partial charge on any atom is 0.310 e. The summed E-state index contributed by atoms with van der Waals surface area (Å²) in [5.74, 6) is 0.565. The third kappa shape index (κ3) is 3.12. The van der Waals surface area contributed by atoms with Crippen molar-refractivity contribution in [3.8, 4) is 5.75 Å². The average Bonchev–Trinajstić information content (AvgIpc) is 2.82. The van der Waals surface area contributed by atoms with Crippen LogP contribution in [-0.4, -0.2) is 42.7 Å². The number of ether oxygens (including phenoxy) is 1. The minimum Gasteiger partial charge on any atom is -0.497 e. The highest BCUT2D eigenvalue weighted by Gasteiger charge is 2.40. The molecule has 4 nitrogen and oxygen atoms in total. The fraction of sp³-hybridized carbons (Fsp3) is 0.562. The molecule has 0 aliphatic carbocycles. The van der Waals surface area contributed by atoms with Crippen molar-refractivity contribution in [3.63, 3.8) is 0 Å². The molecule has 0 aromatic heterocycles. The Hall–Kier alpha value is -1.55. The maximum atomic E-state index is 11.3. The van der Waals surface area contributed by atoms with E-state index in [9.17, 15) is 9.90 Å². The van der Waals surface area contributed by atoms with E-state index in [1.54, 1.807) is 7.11 Å². The van der Waals surface area contributed by atoms with Gasteiger partial charge in [-0.3, -0.25) is 4.79 Å². The van der Waals surface area contributed by atoms with Crippen LogP contribution in [0.2, 0.25) is 0 Å². The van der Waals surface area contributed by atoms with E-state index in [4.69, 9.17) is 4.74 Å². The van der Waals surface area contributed by atoms with E-state index in [-0.39, 0.29) is 0 Å². The van der Waals surface area contributed by atoms with Gasteiger partial charge in [-0.15, -0.1) is 0 Å². The smallest absolute Gasteiger partial charge is 0.310 e. The summed E-state index contributed by atoms with van der Waals surface area (Å²) in [5.41, 5.74) is 0.675. The molecule has 0 saturated carbocycles. The van der Waals surface area contributed by atoms with Gasteiger partial charge < -0.3 is 14.7 Å². The van der Waals surface area contributed by atoms with Gasteiger partial charge in [0.25, 0.3) is 0 Å². The molecule has 110 valence electrons. The number of aliphatic carboxylic acids is 1. The second kappa shape index (κ2) is 5.83. The van der Waals surface area contributed by atoms with E-state index in [1.165, 1.54) is 5.56 Å². The molecule has 20 heavy (non-hydrogen) atoms. The van der Waals surface area contributed by atoms with Crippen molar-refractivity contribution >= 4 is 5.97 Å². The van der Waals surface area contributed by atoms with Crippen LogP contribution in [0.3, 0.4) is 0 Å². The number of benzene rings is 1. The number of likely N-dealkylation sites (tertiary alicyclic amines) is 1. The minimum atomic E-state index is -0.683. The molecule has 0 amide bonds. The molecule has 1 N–H and O–H groups in total. The Balaban J connectivity index is 1.95. The number of carboxylic acids is 1. The van der Waals surface area contributed by atoms with Gasteiger partial charge in [-0.05, 0) is 43.5 Å². The Morgan fingerprint density at radius 2 is 2.10 bits per heavy atom. The molecule has 1 aromatic carbocycles. The normalized spacial score (nSPS) is 24.6. The molecular formula is C16H23NO3. The minimum absolute atomic E-state index is 0.386. The topological polar surface area (TPSA) is 49.8 Å². The molecule has 1 heterocycles. The predicted octanol–water partition coefficient (Wildman–Crippen LogP) is 2.60. The number of carbonyl (C=O) groups is 1. The number of carboxylic acid groups (broad SMARTS) is 1. The largest absolute Gasteiger partial charge is 0.497 e. The third-order valence-corrected chi connectivity index (χ3v) is 4.29. The van der Waals surface area contributed by atoms with Crippen molar-refractivity contribution in [2.75, 3.05) is 26.7 Å². The summed E-state index contributed by atoms with van der Waals surface area (Å²) in [6.07, 6.45) is 0.734. The highest BCUT2D eigenvalue weighted by Crippen LogP contribution is 2.31. The van der Waals surface area contributed by atoms with E-state index in [1.807, 2.05) is 19.1 Å². The summed E-state index contributed by atoms with van der Waals surface area (Å²) in [4.78, 5) is 13.5. The molecule has 0 radical (unpaired) electrons. The molecule has 1 saturated heterocycles. The Morgan fingerprint density at radius 1 is 1.45 bits per heavy atom. The molecule has 2 rings (SSSR count). The van der Waals surface area contributed by atoms with Crippen molar-refractivity contribution < 1.29 is 14.6 Å². The Kier molecular flexibility index (Phi) is 4.33.